The van der Waals surface area contributed by atoms with Gasteiger partial charge in [-0.1, -0.05) is 37.9 Å². The van der Waals surface area contributed by atoms with E-state index in [9.17, 15) is 0 Å². The predicted molar refractivity (Wildman–Crippen MR) is 85.5 cm³/mol. The van der Waals surface area contributed by atoms with Gasteiger partial charge < -0.3 is 10.5 Å². The third-order valence-corrected chi connectivity index (χ3v) is 4.50. The number of ether oxygens (including phenoxy) is 1. The minimum absolute atomic E-state index is 0.206. The predicted octanol–water partition coefficient (Wildman–Crippen LogP) is 4.58. The van der Waals surface area contributed by atoms with Gasteiger partial charge in [-0.25, -0.2) is 0 Å². The molecule has 0 aromatic heterocycles. The van der Waals surface area contributed by atoms with Crippen molar-refractivity contribution in [3.8, 4) is 5.75 Å². The molecule has 0 heterocycles. The van der Waals surface area contributed by atoms with Gasteiger partial charge in [0.05, 0.1) is 11.1 Å². The van der Waals surface area contributed by atoms with Gasteiger partial charge in [0, 0.05) is 6.04 Å². The van der Waals surface area contributed by atoms with E-state index in [1.54, 1.807) is 0 Å². The molecule has 1 aromatic carbocycles. The lowest BCUT2D eigenvalue weighted by molar-refractivity contribution is 0.129. The molecule has 0 saturated heterocycles. The normalized spacial score (nSPS) is 24.4. The fourth-order valence-electron chi connectivity index (χ4n) is 2.88. The van der Waals surface area contributed by atoms with Crippen molar-refractivity contribution in [1.29, 1.82) is 0 Å². The van der Waals surface area contributed by atoms with Crippen LogP contribution in [0, 0.1) is 5.92 Å². The van der Waals surface area contributed by atoms with Gasteiger partial charge in [-0.3, -0.25) is 0 Å². The monoisotopic (exact) mass is 295 g/mol. The summed E-state index contributed by atoms with van der Waals surface area (Å²) in [5, 5.41) is 0.712. The Morgan fingerprint density at radius 1 is 1.40 bits per heavy atom. The van der Waals surface area contributed by atoms with E-state index in [1.807, 2.05) is 12.1 Å². The molecule has 0 bridgehead atoms. The second-order valence-electron chi connectivity index (χ2n) is 6.15. The number of hydrogen-bond acceptors (Lipinski definition) is 2. The number of rotatable bonds is 5. The van der Waals surface area contributed by atoms with E-state index in [-0.39, 0.29) is 6.04 Å². The van der Waals surface area contributed by atoms with E-state index in [0.29, 0.717) is 11.1 Å². The van der Waals surface area contributed by atoms with Gasteiger partial charge in [-0.05, 0) is 55.7 Å². The molecule has 1 aliphatic carbocycles. The van der Waals surface area contributed by atoms with Crippen molar-refractivity contribution in [2.75, 3.05) is 0 Å². The molecular formula is C17H26ClNO. The fourth-order valence-corrected chi connectivity index (χ4v) is 3.13. The summed E-state index contributed by atoms with van der Waals surface area (Å²) in [6, 6.07) is 6.29. The summed E-state index contributed by atoms with van der Waals surface area (Å²) in [5.41, 5.74) is 7.17. The minimum atomic E-state index is 0.206. The molecule has 112 valence electrons. The van der Waals surface area contributed by atoms with E-state index in [0.717, 1.165) is 37.4 Å². The van der Waals surface area contributed by atoms with Gasteiger partial charge in [-0.15, -0.1) is 0 Å². The summed E-state index contributed by atoms with van der Waals surface area (Å²) < 4.78 is 6.08. The molecule has 0 amide bonds. The summed E-state index contributed by atoms with van der Waals surface area (Å²) in [7, 11) is 0. The highest BCUT2D eigenvalue weighted by Gasteiger charge is 2.21. The standard InChI is InChI=1S/C17H26ClNO/c1-3-14(19)10-13-7-8-17(16(18)11-13)20-15-6-4-5-12(2)9-15/h7-8,11-12,14-15H,3-6,9-10,19H2,1-2H3. The van der Waals surface area contributed by atoms with Crippen molar-refractivity contribution >= 4 is 11.6 Å². The van der Waals surface area contributed by atoms with E-state index >= 15 is 0 Å². The molecule has 1 fully saturated rings. The number of benzene rings is 1. The van der Waals surface area contributed by atoms with Crippen LogP contribution in [0.25, 0.3) is 0 Å². The van der Waals surface area contributed by atoms with Crippen LogP contribution in [0.2, 0.25) is 5.02 Å². The maximum atomic E-state index is 6.35. The summed E-state index contributed by atoms with van der Waals surface area (Å²) in [6.07, 6.45) is 7.03. The molecule has 3 unspecified atom stereocenters. The summed E-state index contributed by atoms with van der Waals surface area (Å²) >= 11 is 6.35. The van der Waals surface area contributed by atoms with Crippen molar-refractivity contribution in [2.45, 2.75) is 64.5 Å². The lowest BCUT2D eigenvalue weighted by atomic mass is 9.89. The quantitative estimate of drug-likeness (QED) is 0.863. The molecule has 0 aliphatic heterocycles. The van der Waals surface area contributed by atoms with Gasteiger partial charge in [-0.2, -0.15) is 0 Å². The van der Waals surface area contributed by atoms with E-state index in [2.05, 4.69) is 19.9 Å². The molecule has 0 radical (unpaired) electrons. The van der Waals surface area contributed by atoms with Crippen molar-refractivity contribution < 1.29 is 4.74 Å². The summed E-state index contributed by atoms with van der Waals surface area (Å²) in [5.74, 6) is 1.58. The van der Waals surface area contributed by atoms with Crippen molar-refractivity contribution in [3.05, 3.63) is 28.8 Å². The van der Waals surface area contributed by atoms with Crippen molar-refractivity contribution in [1.82, 2.24) is 0 Å². The molecule has 2 nitrogen and oxygen atoms in total. The summed E-state index contributed by atoms with van der Waals surface area (Å²) in [4.78, 5) is 0. The zero-order valence-corrected chi connectivity index (χ0v) is 13.3. The van der Waals surface area contributed by atoms with Crippen LogP contribution in [-0.4, -0.2) is 12.1 Å². The average Bonchev–Trinajstić information content (AvgIpc) is 2.42. The highest BCUT2D eigenvalue weighted by Crippen LogP contribution is 2.31. The van der Waals surface area contributed by atoms with Gasteiger partial charge in [0.1, 0.15) is 5.75 Å². The molecule has 3 heteroatoms. The molecule has 1 aliphatic rings. The van der Waals surface area contributed by atoms with E-state index < -0.39 is 0 Å². The Labute approximate surface area is 127 Å². The maximum Gasteiger partial charge on any atom is 0.138 e. The Bertz CT molecular complexity index is 435. The minimum Gasteiger partial charge on any atom is -0.489 e. The second kappa shape index (κ2) is 7.33. The van der Waals surface area contributed by atoms with Gasteiger partial charge >= 0.3 is 0 Å². The van der Waals surface area contributed by atoms with Crippen LogP contribution in [0.3, 0.4) is 0 Å². The molecule has 3 atom stereocenters. The van der Waals surface area contributed by atoms with Crippen molar-refractivity contribution in [2.24, 2.45) is 11.7 Å². The smallest absolute Gasteiger partial charge is 0.138 e. The number of hydrogen-bond donors (Lipinski definition) is 1. The van der Waals surface area contributed by atoms with Crippen molar-refractivity contribution in [3.63, 3.8) is 0 Å². The van der Waals surface area contributed by atoms with Gasteiger partial charge in [0.25, 0.3) is 0 Å². The Kier molecular flexibility index (Phi) is 5.74. The molecule has 2 rings (SSSR count). The largest absolute Gasteiger partial charge is 0.489 e. The lowest BCUT2D eigenvalue weighted by Gasteiger charge is -2.27. The van der Waals surface area contributed by atoms with Crippen LogP contribution in [0.1, 0.15) is 51.5 Å². The third-order valence-electron chi connectivity index (χ3n) is 4.20. The highest BCUT2D eigenvalue weighted by atomic mass is 35.5. The van der Waals surface area contributed by atoms with Crippen LogP contribution >= 0.6 is 11.6 Å². The third kappa shape index (κ3) is 4.39. The van der Waals surface area contributed by atoms with Crippen LogP contribution in [0.5, 0.6) is 5.75 Å². The Balaban J connectivity index is 1.98. The SMILES string of the molecule is CCC(N)Cc1ccc(OC2CCCC(C)C2)c(Cl)c1. The zero-order valence-electron chi connectivity index (χ0n) is 12.6. The van der Waals surface area contributed by atoms with E-state index in [4.69, 9.17) is 22.1 Å². The van der Waals surface area contributed by atoms with Crippen LogP contribution in [0.4, 0.5) is 0 Å². The highest BCUT2D eigenvalue weighted by molar-refractivity contribution is 6.32. The molecular weight excluding hydrogens is 270 g/mol. The van der Waals surface area contributed by atoms with Crippen LogP contribution in [-0.2, 0) is 6.42 Å². The molecule has 1 aromatic rings. The Morgan fingerprint density at radius 3 is 2.85 bits per heavy atom. The average molecular weight is 296 g/mol. The number of halogens is 1. The first-order chi connectivity index (χ1) is 9.58. The van der Waals surface area contributed by atoms with Gasteiger partial charge in [0.15, 0.2) is 0 Å². The maximum absolute atomic E-state index is 6.35. The fraction of sp³-hybridized carbons (Fsp3) is 0.647. The Morgan fingerprint density at radius 2 is 2.20 bits per heavy atom. The molecule has 1 saturated carbocycles. The topological polar surface area (TPSA) is 35.2 Å². The van der Waals surface area contributed by atoms with Crippen LogP contribution < -0.4 is 10.5 Å². The lowest BCUT2D eigenvalue weighted by Crippen LogP contribution is -2.24. The molecule has 2 N–H and O–H groups in total. The van der Waals surface area contributed by atoms with E-state index in [1.165, 1.54) is 18.4 Å². The first kappa shape index (κ1) is 15.7. The van der Waals surface area contributed by atoms with Crippen LogP contribution in [0.15, 0.2) is 18.2 Å². The zero-order chi connectivity index (χ0) is 14.5. The van der Waals surface area contributed by atoms with Gasteiger partial charge in [0.2, 0.25) is 0 Å². The number of nitrogens with two attached hydrogens (primary N) is 1. The second-order valence-corrected chi connectivity index (χ2v) is 6.56. The molecule has 20 heavy (non-hydrogen) atoms. The first-order valence-electron chi connectivity index (χ1n) is 7.79. The first-order valence-corrected chi connectivity index (χ1v) is 8.17. The Hall–Kier alpha value is -0.730. The summed E-state index contributed by atoms with van der Waals surface area (Å²) in [6.45, 7) is 4.40. The molecule has 0 spiro atoms.